The van der Waals surface area contributed by atoms with Crippen molar-refractivity contribution >= 4 is 11.9 Å². The van der Waals surface area contributed by atoms with E-state index in [1.807, 2.05) is 0 Å². The first kappa shape index (κ1) is 25.3. The Balaban J connectivity index is 1.66. The number of fused-ring (bicyclic) bond motifs is 1. The van der Waals surface area contributed by atoms with Crippen molar-refractivity contribution in [3.63, 3.8) is 0 Å². The number of esters is 2. The Labute approximate surface area is 193 Å². The summed E-state index contributed by atoms with van der Waals surface area (Å²) < 4.78 is 59.7. The van der Waals surface area contributed by atoms with Gasteiger partial charge in [-0.05, 0) is 42.7 Å². The normalized spacial score (nSPS) is 16.0. The van der Waals surface area contributed by atoms with Gasteiger partial charge in [-0.25, -0.2) is 9.59 Å². The van der Waals surface area contributed by atoms with E-state index in [0.717, 1.165) is 25.8 Å². The molecule has 0 fully saturated rings. The average molecular weight is 483 g/mol. The van der Waals surface area contributed by atoms with Crippen molar-refractivity contribution in [3.8, 4) is 11.5 Å². The topological polar surface area (TPSA) is 103 Å². The van der Waals surface area contributed by atoms with Gasteiger partial charge in [0.15, 0.2) is 11.5 Å². The van der Waals surface area contributed by atoms with Crippen LogP contribution in [0.15, 0.2) is 42.5 Å². The molecule has 0 aromatic heterocycles. The summed E-state index contributed by atoms with van der Waals surface area (Å²) in [6, 6.07) is 9.38. The van der Waals surface area contributed by atoms with E-state index >= 15 is 0 Å². The number of ether oxygens (including phenoxy) is 4. The molecule has 11 heteroatoms. The van der Waals surface area contributed by atoms with Gasteiger partial charge >= 0.3 is 23.9 Å². The number of aliphatic hydroxyl groups is 1. The molecule has 0 saturated heterocycles. The van der Waals surface area contributed by atoms with Crippen molar-refractivity contribution in [3.05, 3.63) is 59.2 Å². The van der Waals surface area contributed by atoms with Crippen molar-refractivity contribution in [2.45, 2.75) is 37.5 Å². The number of alkyl halides is 3. The average Bonchev–Trinajstić information content (AvgIpc) is 3.21. The van der Waals surface area contributed by atoms with Gasteiger partial charge in [-0.15, -0.1) is 0 Å². The first-order valence-electron chi connectivity index (χ1n) is 10.3. The summed E-state index contributed by atoms with van der Waals surface area (Å²) in [5.41, 5.74) is -0.370. The van der Waals surface area contributed by atoms with E-state index in [1.165, 1.54) is 24.3 Å². The lowest BCUT2D eigenvalue weighted by molar-refractivity contribution is -0.199. The van der Waals surface area contributed by atoms with Crippen LogP contribution in [0.4, 0.5) is 13.2 Å². The second kappa shape index (κ2) is 9.90. The number of carbonyl (C=O) groups excluding carboxylic acids is 2. The van der Waals surface area contributed by atoms with Gasteiger partial charge in [-0.3, -0.25) is 0 Å². The summed E-state index contributed by atoms with van der Waals surface area (Å²) in [7, 11) is 2.14. The second-order valence-corrected chi connectivity index (χ2v) is 7.70. The lowest BCUT2D eigenvalue weighted by Gasteiger charge is -2.21. The smallest absolute Gasteiger partial charge is 0.453 e. The summed E-state index contributed by atoms with van der Waals surface area (Å²) in [6.07, 6.45) is -5.54. The molecule has 2 unspecified atom stereocenters. The van der Waals surface area contributed by atoms with E-state index in [0.29, 0.717) is 6.42 Å². The van der Waals surface area contributed by atoms with Crippen LogP contribution >= 0.6 is 0 Å². The summed E-state index contributed by atoms with van der Waals surface area (Å²) in [5, 5.41) is 13.3. The fourth-order valence-corrected chi connectivity index (χ4v) is 3.59. The maximum atomic E-state index is 13.2. The first-order valence-corrected chi connectivity index (χ1v) is 10.3. The van der Waals surface area contributed by atoms with Crippen LogP contribution in [0.3, 0.4) is 0 Å². The molecule has 8 nitrogen and oxygen atoms in total. The highest BCUT2D eigenvalue weighted by Crippen LogP contribution is 2.41. The van der Waals surface area contributed by atoms with Gasteiger partial charge < -0.3 is 29.4 Å². The maximum absolute atomic E-state index is 13.2. The van der Waals surface area contributed by atoms with Crippen LogP contribution in [0.5, 0.6) is 11.5 Å². The lowest BCUT2D eigenvalue weighted by Crippen LogP contribution is -2.55. The van der Waals surface area contributed by atoms with E-state index in [9.17, 15) is 27.9 Å². The predicted molar refractivity (Wildman–Crippen MR) is 112 cm³/mol. The van der Waals surface area contributed by atoms with Crippen molar-refractivity contribution < 1.29 is 46.8 Å². The molecule has 0 radical (unpaired) electrons. The molecule has 0 saturated carbocycles. The van der Waals surface area contributed by atoms with E-state index in [2.05, 4.69) is 14.8 Å². The van der Waals surface area contributed by atoms with Crippen molar-refractivity contribution in [1.29, 1.82) is 0 Å². The number of halogens is 3. The fraction of sp³-hybridized carbons (Fsp3) is 0.391. The molecule has 34 heavy (non-hydrogen) atoms. The number of nitrogens with one attached hydrogen (secondary N) is 1. The summed E-state index contributed by atoms with van der Waals surface area (Å²) in [4.78, 5) is 24.3. The summed E-state index contributed by atoms with van der Waals surface area (Å²) >= 11 is 0. The molecule has 1 aliphatic heterocycles. The molecule has 184 valence electrons. The van der Waals surface area contributed by atoms with Crippen molar-refractivity contribution in [2.75, 3.05) is 20.8 Å². The second-order valence-electron chi connectivity index (χ2n) is 7.70. The van der Waals surface area contributed by atoms with Gasteiger partial charge in [0.1, 0.15) is 0 Å². The minimum absolute atomic E-state index is 0.105. The molecule has 1 aliphatic rings. The highest BCUT2D eigenvalue weighted by atomic mass is 19.4. The van der Waals surface area contributed by atoms with Gasteiger partial charge in [0, 0.05) is 12.6 Å². The Morgan fingerprint density at radius 3 is 2.29 bits per heavy atom. The van der Waals surface area contributed by atoms with Crippen molar-refractivity contribution in [2.24, 2.45) is 0 Å². The number of benzene rings is 2. The summed E-state index contributed by atoms with van der Waals surface area (Å²) in [6.45, 7) is 1.69. The molecular formula is C23H24F3NO7. The van der Waals surface area contributed by atoms with Crippen LogP contribution in [0.2, 0.25) is 0 Å². The molecule has 2 aromatic rings. The van der Waals surface area contributed by atoms with E-state index in [-0.39, 0.29) is 29.6 Å². The van der Waals surface area contributed by atoms with Crippen LogP contribution in [-0.4, -0.2) is 49.6 Å². The van der Waals surface area contributed by atoms with Crippen LogP contribution in [0.1, 0.15) is 29.7 Å². The standard InChI is InChI=1S/C23H24F3NO7/c1-13(27-12-17(28)15-6-4-5-7-16(15)23(24,25)26)10-14-8-9-18-19(11-14)34-22(33-18,20(29)31-2)21(30)32-3/h4-9,11,13,17,27-28H,10,12H2,1-3H3. The number of hydrogen-bond acceptors (Lipinski definition) is 8. The minimum Gasteiger partial charge on any atom is -0.463 e. The molecule has 2 aromatic carbocycles. The van der Waals surface area contributed by atoms with Crippen LogP contribution in [0.25, 0.3) is 0 Å². The molecule has 0 bridgehead atoms. The molecule has 0 amide bonds. The number of aliphatic hydroxyl groups excluding tert-OH is 1. The number of carbonyl (C=O) groups is 2. The van der Waals surface area contributed by atoms with Gasteiger partial charge in [-0.2, -0.15) is 13.2 Å². The van der Waals surface area contributed by atoms with Gasteiger partial charge in [0.2, 0.25) is 0 Å². The Morgan fingerprint density at radius 1 is 1.06 bits per heavy atom. The fourth-order valence-electron chi connectivity index (χ4n) is 3.59. The highest BCUT2D eigenvalue weighted by molar-refractivity contribution is 6.03. The SMILES string of the molecule is COC(=O)C1(C(=O)OC)Oc2ccc(CC(C)NCC(O)c3ccccc3C(F)(F)F)cc2O1. The van der Waals surface area contributed by atoms with Gasteiger partial charge in [0.05, 0.1) is 25.9 Å². The zero-order valence-corrected chi connectivity index (χ0v) is 18.6. The monoisotopic (exact) mass is 483 g/mol. The zero-order chi connectivity index (χ0) is 25.1. The Hall–Kier alpha value is -3.31. The molecule has 3 rings (SSSR count). The Bertz CT molecular complexity index is 1040. The number of rotatable bonds is 8. The lowest BCUT2D eigenvalue weighted by atomic mass is 10.0. The van der Waals surface area contributed by atoms with Crippen LogP contribution < -0.4 is 14.8 Å². The third-order valence-electron chi connectivity index (χ3n) is 5.25. The van der Waals surface area contributed by atoms with E-state index < -0.39 is 35.6 Å². The Morgan fingerprint density at radius 2 is 1.68 bits per heavy atom. The van der Waals surface area contributed by atoms with Gasteiger partial charge in [0.25, 0.3) is 0 Å². The minimum atomic E-state index is -4.57. The largest absolute Gasteiger partial charge is 0.463 e. The van der Waals surface area contributed by atoms with E-state index in [1.54, 1.807) is 19.1 Å². The molecule has 0 spiro atoms. The van der Waals surface area contributed by atoms with Gasteiger partial charge in [-0.1, -0.05) is 24.3 Å². The van der Waals surface area contributed by atoms with Crippen LogP contribution in [-0.2, 0) is 31.7 Å². The predicted octanol–water partition coefficient (Wildman–Crippen LogP) is 2.77. The first-order chi connectivity index (χ1) is 16.0. The third-order valence-corrected chi connectivity index (χ3v) is 5.25. The van der Waals surface area contributed by atoms with Crippen LogP contribution in [0, 0.1) is 0 Å². The quantitative estimate of drug-likeness (QED) is 0.437. The van der Waals surface area contributed by atoms with Crippen molar-refractivity contribution in [1.82, 2.24) is 5.32 Å². The third kappa shape index (κ3) is 5.10. The maximum Gasteiger partial charge on any atom is 0.453 e. The zero-order valence-electron chi connectivity index (χ0n) is 18.6. The summed E-state index contributed by atoms with van der Waals surface area (Å²) in [5.74, 6) is -4.30. The molecule has 2 N–H and O–H groups in total. The molecular weight excluding hydrogens is 459 g/mol. The molecule has 1 heterocycles. The molecule has 0 aliphatic carbocycles. The van der Waals surface area contributed by atoms with E-state index in [4.69, 9.17) is 9.47 Å². The highest BCUT2D eigenvalue weighted by Gasteiger charge is 2.59. The Kier molecular flexibility index (Phi) is 7.37. The number of methoxy groups -OCH3 is 2. The molecule has 2 atom stereocenters. The number of hydrogen-bond donors (Lipinski definition) is 2.